The zero-order chi connectivity index (χ0) is 13.1. The second kappa shape index (κ2) is 5.94. The summed E-state index contributed by atoms with van der Waals surface area (Å²) in [4.78, 5) is 2.45. The lowest BCUT2D eigenvalue weighted by molar-refractivity contribution is 0.158. The maximum Gasteiger partial charge on any atom is 0.0429 e. The standard InChI is InChI=1S/C15H23ClN2/c1-11-4-3-5-15(6-11)18(2)10-12-7-13(16)9-14(17)8-12/h7-9,11,15H,3-6,10,17H2,1-2H3. The maximum absolute atomic E-state index is 6.04. The Morgan fingerprint density at radius 1 is 1.33 bits per heavy atom. The highest BCUT2D eigenvalue weighted by molar-refractivity contribution is 6.30. The molecule has 0 aromatic heterocycles. The largest absolute Gasteiger partial charge is 0.399 e. The van der Waals surface area contributed by atoms with E-state index in [-0.39, 0.29) is 0 Å². The van der Waals surface area contributed by atoms with Gasteiger partial charge in [-0.15, -0.1) is 0 Å². The van der Waals surface area contributed by atoms with Crippen LogP contribution in [0.1, 0.15) is 38.2 Å². The molecule has 0 amide bonds. The molecule has 2 rings (SSSR count). The third kappa shape index (κ3) is 3.63. The molecule has 0 heterocycles. The Morgan fingerprint density at radius 3 is 2.78 bits per heavy atom. The quantitative estimate of drug-likeness (QED) is 0.840. The van der Waals surface area contributed by atoms with E-state index < -0.39 is 0 Å². The normalized spacial score (nSPS) is 24.4. The molecular weight excluding hydrogens is 244 g/mol. The molecule has 1 aromatic carbocycles. The van der Waals surface area contributed by atoms with Gasteiger partial charge in [0.05, 0.1) is 0 Å². The Kier molecular flexibility index (Phi) is 4.52. The number of anilines is 1. The number of hydrogen-bond donors (Lipinski definition) is 1. The van der Waals surface area contributed by atoms with Gasteiger partial charge in [-0.2, -0.15) is 0 Å². The van der Waals surface area contributed by atoms with Crippen LogP contribution in [0.5, 0.6) is 0 Å². The van der Waals surface area contributed by atoms with Gasteiger partial charge >= 0.3 is 0 Å². The van der Waals surface area contributed by atoms with E-state index in [4.69, 9.17) is 17.3 Å². The minimum atomic E-state index is 0.703. The van der Waals surface area contributed by atoms with Crippen molar-refractivity contribution in [1.29, 1.82) is 0 Å². The number of benzene rings is 1. The first-order valence-electron chi connectivity index (χ1n) is 6.80. The molecule has 2 nitrogen and oxygen atoms in total. The predicted octanol–water partition coefficient (Wildman–Crippen LogP) is 3.93. The van der Waals surface area contributed by atoms with Crippen LogP contribution in [0.25, 0.3) is 0 Å². The minimum Gasteiger partial charge on any atom is -0.399 e. The van der Waals surface area contributed by atoms with E-state index in [1.807, 2.05) is 12.1 Å². The first-order chi connectivity index (χ1) is 8.54. The monoisotopic (exact) mass is 266 g/mol. The van der Waals surface area contributed by atoms with Gasteiger partial charge in [0.2, 0.25) is 0 Å². The molecule has 0 bridgehead atoms. The summed E-state index contributed by atoms with van der Waals surface area (Å²) in [5.74, 6) is 0.857. The van der Waals surface area contributed by atoms with E-state index in [0.717, 1.165) is 23.2 Å². The van der Waals surface area contributed by atoms with E-state index >= 15 is 0 Å². The minimum absolute atomic E-state index is 0.703. The summed E-state index contributed by atoms with van der Waals surface area (Å²) in [7, 11) is 2.21. The van der Waals surface area contributed by atoms with Crippen LogP contribution in [0.2, 0.25) is 5.02 Å². The number of rotatable bonds is 3. The van der Waals surface area contributed by atoms with Crippen molar-refractivity contribution < 1.29 is 0 Å². The van der Waals surface area contributed by atoms with E-state index in [9.17, 15) is 0 Å². The predicted molar refractivity (Wildman–Crippen MR) is 78.8 cm³/mol. The molecular formula is C15H23ClN2. The molecule has 0 aliphatic heterocycles. The first kappa shape index (κ1) is 13.7. The highest BCUT2D eigenvalue weighted by Crippen LogP contribution is 2.28. The summed E-state index contributed by atoms with van der Waals surface area (Å²) >= 11 is 6.04. The molecule has 1 fully saturated rings. The summed E-state index contributed by atoms with van der Waals surface area (Å²) in [6.07, 6.45) is 5.37. The third-order valence-corrected chi connectivity index (χ3v) is 4.16. The molecule has 0 saturated heterocycles. The Balaban J connectivity index is 1.99. The van der Waals surface area contributed by atoms with Crippen LogP contribution in [0.3, 0.4) is 0 Å². The summed E-state index contributed by atoms with van der Waals surface area (Å²) in [5, 5.41) is 0.732. The van der Waals surface area contributed by atoms with Crippen LogP contribution >= 0.6 is 11.6 Å². The van der Waals surface area contributed by atoms with Crippen molar-refractivity contribution in [3.8, 4) is 0 Å². The average Bonchev–Trinajstić information content (AvgIpc) is 2.27. The Labute approximate surface area is 115 Å². The fourth-order valence-corrected chi connectivity index (χ4v) is 3.25. The van der Waals surface area contributed by atoms with Crippen molar-refractivity contribution in [2.75, 3.05) is 12.8 Å². The highest BCUT2D eigenvalue weighted by atomic mass is 35.5. The molecule has 1 aliphatic rings. The zero-order valence-corrected chi connectivity index (χ0v) is 12.1. The van der Waals surface area contributed by atoms with Crippen LogP contribution in [0, 0.1) is 5.92 Å². The Hall–Kier alpha value is -0.730. The maximum atomic E-state index is 6.04. The van der Waals surface area contributed by atoms with Gasteiger partial charge in [0.15, 0.2) is 0 Å². The molecule has 2 unspecified atom stereocenters. The van der Waals surface area contributed by atoms with Crippen LogP contribution in [0.4, 0.5) is 5.69 Å². The van der Waals surface area contributed by atoms with E-state index in [0.29, 0.717) is 6.04 Å². The molecule has 1 aromatic rings. The zero-order valence-electron chi connectivity index (χ0n) is 11.3. The fourth-order valence-electron chi connectivity index (χ4n) is 2.99. The lowest BCUT2D eigenvalue weighted by Gasteiger charge is -2.34. The van der Waals surface area contributed by atoms with Crippen molar-refractivity contribution in [2.24, 2.45) is 5.92 Å². The molecule has 2 atom stereocenters. The van der Waals surface area contributed by atoms with Gasteiger partial charge < -0.3 is 5.73 Å². The van der Waals surface area contributed by atoms with Gasteiger partial charge in [-0.05, 0) is 49.6 Å². The molecule has 2 N–H and O–H groups in total. The molecule has 1 aliphatic carbocycles. The summed E-state index contributed by atoms with van der Waals surface area (Å²) in [6.45, 7) is 3.29. The average molecular weight is 267 g/mol. The van der Waals surface area contributed by atoms with Crippen molar-refractivity contribution in [2.45, 2.75) is 45.2 Å². The fraction of sp³-hybridized carbons (Fsp3) is 0.600. The van der Waals surface area contributed by atoms with Crippen molar-refractivity contribution in [3.63, 3.8) is 0 Å². The van der Waals surface area contributed by atoms with E-state index in [1.54, 1.807) is 6.07 Å². The second-order valence-electron chi connectivity index (χ2n) is 5.73. The molecule has 0 radical (unpaired) electrons. The number of nitrogens with zero attached hydrogens (tertiary/aromatic N) is 1. The highest BCUT2D eigenvalue weighted by Gasteiger charge is 2.22. The lowest BCUT2D eigenvalue weighted by Crippen LogP contribution is -2.35. The summed E-state index contributed by atoms with van der Waals surface area (Å²) in [5.41, 5.74) is 7.79. The number of halogens is 1. The second-order valence-corrected chi connectivity index (χ2v) is 6.17. The van der Waals surface area contributed by atoms with Crippen LogP contribution < -0.4 is 5.73 Å². The molecule has 0 spiro atoms. The van der Waals surface area contributed by atoms with Crippen molar-refractivity contribution in [1.82, 2.24) is 4.90 Å². The molecule has 100 valence electrons. The molecule has 18 heavy (non-hydrogen) atoms. The van der Waals surface area contributed by atoms with Crippen LogP contribution in [-0.2, 0) is 6.54 Å². The smallest absolute Gasteiger partial charge is 0.0429 e. The summed E-state index contributed by atoms with van der Waals surface area (Å²) < 4.78 is 0. The van der Waals surface area contributed by atoms with Gasteiger partial charge in [-0.1, -0.05) is 31.4 Å². The summed E-state index contributed by atoms with van der Waals surface area (Å²) in [6, 6.07) is 6.54. The SMILES string of the molecule is CC1CCCC(N(C)Cc2cc(N)cc(Cl)c2)C1. The third-order valence-electron chi connectivity index (χ3n) is 3.94. The van der Waals surface area contributed by atoms with Crippen molar-refractivity contribution in [3.05, 3.63) is 28.8 Å². The molecule has 1 saturated carbocycles. The van der Waals surface area contributed by atoms with Gasteiger partial charge in [0.25, 0.3) is 0 Å². The van der Waals surface area contributed by atoms with E-state index in [1.165, 1.54) is 31.2 Å². The van der Waals surface area contributed by atoms with Crippen LogP contribution in [-0.4, -0.2) is 18.0 Å². The first-order valence-corrected chi connectivity index (χ1v) is 7.17. The number of nitrogen functional groups attached to an aromatic ring is 1. The number of nitrogens with two attached hydrogens (primary N) is 1. The van der Waals surface area contributed by atoms with Gasteiger partial charge in [0, 0.05) is 23.3 Å². The Morgan fingerprint density at radius 2 is 2.11 bits per heavy atom. The van der Waals surface area contributed by atoms with Gasteiger partial charge in [-0.25, -0.2) is 0 Å². The van der Waals surface area contributed by atoms with Crippen molar-refractivity contribution >= 4 is 17.3 Å². The lowest BCUT2D eigenvalue weighted by atomic mass is 9.86. The van der Waals surface area contributed by atoms with E-state index in [2.05, 4.69) is 18.9 Å². The van der Waals surface area contributed by atoms with Gasteiger partial charge in [-0.3, -0.25) is 4.90 Å². The van der Waals surface area contributed by atoms with Gasteiger partial charge in [0.1, 0.15) is 0 Å². The van der Waals surface area contributed by atoms with Crippen LogP contribution in [0.15, 0.2) is 18.2 Å². The Bertz CT molecular complexity index is 385. The molecule has 3 heteroatoms. The topological polar surface area (TPSA) is 29.3 Å². The number of hydrogen-bond acceptors (Lipinski definition) is 2.